The minimum atomic E-state index is 0.782. The fourth-order valence-corrected chi connectivity index (χ4v) is 2.08. The van der Waals surface area contributed by atoms with E-state index in [1.54, 1.807) is 7.11 Å². The van der Waals surface area contributed by atoms with Gasteiger partial charge in [0.25, 0.3) is 0 Å². The molecule has 2 aromatic rings. The van der Waals surface area contributed by atoms with Crippen molar-refractivity contribution in [1.82, 2.24) is 15.6 Å². The molecule has 4 heteroatoms. The van der Waals surface area contributed by atoms with Gasteiger partial charge in [0, 0.05) is 31.9 Å². The van der Waals surface area contributed by atoms with E-state index in [4.69, 9.17) is 4.74 Å². The van der Waals surface area contributed by atoms with Crippen LogP contribution in [0.15, 0.2) is 30.5 Å². The lowest BCUT2D eigenvalue weighted by Crippen LogP contribution is -2.24. The lowest BCUT2D eigenvalue weighted by atomic mass is 10.1. The van der Waals surface area contributed by atoms with Gasteiger partial charge in [0.1, 0.15) is 0 Å². The number of H-pyrrole nitrogens is 1. The summed E-state index contributed by atoms with van der Waals surface area (Å²) in [6.07, 6.45) is 3.11. The van der Waals surface area contributed by atoms with Gasteiger partial charge in [0.2, 0.25) is 0 Å². The molecule has 104 valence electrons. The van der Waals surface area contributed by atoms with Crippen molar-refractivity contribution < 1.29 is 4.74 Å². The highest BCUT2D eigenvalue weighted by atomic mass is 16.5. The number of aromatic nitrogens is 1. The highest BCUT2D eigenvalue weighted by Crippen LogP contribution is 2.13. The SMILES string of the molecule is COCCNCCCNCc1ccc2[nH]ccc2c1. The van der Waals surface area contributed by atoms with E-state index in [0.29, 0.717) is 0 Å². The molecule has 0 aliphatic carbocycles. The Morgan fingerprint density at radius 2 is 2.00 bits per heavy atom. The Balaban J connectivity index is 1.60. The zero-order valence-corrected chi connectivity index (χ0v) is 11.5. The van der Waals surface area contributed by atoms with E-state index < -0.39 is 0 Å². The van der Waals surface area contributed by atoms with Gasteiger partial charge in [-0.05, 0) is 48.7 Å². The molecule has 1 heterocycles. The zero-order valence-electron chi connectivity index (χ0n) is 11.5. The number of methoxy groups -OCH3 is 1. The van der Waals surface area contributed by atoms with Gasteiger partial charge in [-0.15, -0.1) is 0 Å². The molecular formula is C15H23N3O. The second-order valence-electron chi connectivity index (χ2n) is 4.67. The Morgan fingerprint density at radius 3 is 2.89 bits per heavy atom. The Bertz CT molecular complexity index is 481. The van der Waals surface area contributed by atoms with Crippen molar-refractivity contribution in [2.45, 2.75) is 13.0 Å². The number of hydrogen-bond acceptors (Lipinski definition) is 3. The number of ether oxygens (including phenoxy) is 1. The largest absolute Gasteiger partial charge is 0.383 e. The molecule has 0 amide bonds. The summed E-state index contributed by atoms with van der Waals surface area (Å²) in [6.45, 7) is 4.71. The maximum absolute atomic E-state index is 4.98. The van der Waals surface area contributed by atoms with Crippen LogP contribution in [-0.4, -0.2) is 38.3 Å². The first-order chi connectivity index (χ1) is 9.40. The second-order valence-corrected chi connectivity index (χ2v) is 4.67. The Kier molecular flexibility index (Phi) is 5.88. The maximum Gasteiger partial charge on any atom is 0.0587 e. The number of benzene rings is 1. The standard InChI is InChI=1S/C15H23N3O/c1-19-10-9-16-6-2-7-17-12-13-3-4-15-14(11-13)5-8-18-15/h3-5,8,11,16-18H,2,6-7,9-10,12H2,1H3. The molecule has 0 spiro atoms. The van der Waals surface area contributed by atoms with Crippen molar-refractivity contribution in [1.29, 1.82) is 0 Å². The van der Waals surface area contributed by atoms with Gasteiger partial charge in [-0.25, -0.2) is 0 Å². The summed E-state index contributed by atoms with van der Waals surface area (Å²) >= 11 is 0. The van der Waals surface area contributed by atoms with Crippen LogP contribution < -0.4 is 10.6 Å². The molecule has 0 bridgehead atoms. The Morgan fingerprint density at radius 1 is 1.11 bits per heavy atom. The molecule has 0 aliphatic rings. The van der Waals surface area contributed by atoms with Crippen LogP contribution in [0.3, 0.4) is 0 Å². The molecule has 2 rings (SSSR count). The van der Waals surface area contributed by atoms with Crippen molar-refractivity contribution >= 4 is 10.9 Å². The summed E-state index contributed by atoms with van der Waals surface area (Å²) in [5.41, 5.74) is 2.53. The molecule has 0 unspecified atom stereocenters. The van der Waals surface area contributed by atoms with Crippen molar-refractivity contribution in [3.05, 3.63) is 36.0 Å². The number of rotatable bonds is 9. The van der Waals surface area contributed by atoms with Gasteiger partial charge >= 0.3 is 0 Å². The van der Waals surface area contributed by atoms with E-state index in [9.17, 15) is 0 Å². The highest BCUT2D eigenvalue weighted by Gasteiger charge is 1.97. The molecule has 4 nitrogen and oxygen atoms in total. The normalized spacial score (nSPS) is 11.2. The average Bonchev–Trinajstić information content (AvgIpc) is 2.89. The van der Waals surface area contributed by atoms with Gasteiger partial charge in [0.15, 0.2) is 0 Å². The third kappa shape index (κ3) is 4.67. The minimum absolute atomic E-state index is 0.782. The van der Waals surface area contributed by atoms with Gasteiger partial charge < -0.3 is 20.4 Å². The molecule has 0 fully saturated rings. The lowest BCUT2D eigenvalue weighted by molar-refractivity contribution is 0.199. The molecule has 0 aliphatic heterocycles. The van der Waals surface area contributed by atoms with E-state index >= 15 is 0 Å². The fourth-order valence-electron chi connectivity index (χ4n) is 2.08. The van der Waals surface area contributed by atoms with E-state index in [2.05, 4.69) is 39.9 Å². The van der Waals surface area contributed by atoms with Crippen LogP contribution >= 0.6 is 0 Å². The molecule has 0 saturated carbocycles. The predicted octanol–water partition coefficient (Wildman–Crippen LogP) is 1.88. The summed E-state index contributed by atoms with van der Waals surface area (Å²) in [7, 11) is 1.73. The maximum atomic E-state index is 4.98. The van der Waals surface area contributed by atoms with Crippen LogP contribution in [-0.2, 0) is 11.3 Å². The fraction of sp³-hybridized carbons (Fsp3) is 0.467. The number of nitrogens with one attached hydrogen (secondary N) is 3. The minimum Gasteiger partial charge on any atom is -0.383 e. The van der Waals surface area contributed by atoms with Gasteiger partial charge in [-0.2, -0.15) is 0 Å². The molecular weight excluding hydrogens is 238 g/mol. The van der Waals surface area contributed by atoms with Gasteiger partial charge in [-0.3, -0.25) is 0 Å². The Hall–Kier alpha value is -1.36. The average molecular weight is 261 g/mol. The van der Waals surface area contributed by atoms with Crippen LogP contribution in [0.1, 0.15) is 12.0 Å². The molecule has 19 heavy (non-hydrogen) atoms. The monoisotopic (exact) mass is 261 g/mol. The third-order valence-corrected chi connectivity index (χ3v) is 3.14. The highest BCUT2D eigenvalue weighted by molar-refractivity contribution is 5.79. The summed E-state index contributed by atoms with van der Waals surface area (Å²) in [4.78, 5) is 3.21. The summed E-state index contributed by atoms with van der Waals surface area (Å²) in [5.74, 6) is 0. The van der Waals surface area contributed by atoms with E-state index in [1.807, 2.05) is 6.20 Å². The van der Waals surface area contributed by atoms with Crippen LogP contribution in [0, 0.1) is 0 Å². The van der Waals surface area contributed by atoms with Gasteiger partial charge in [0.05, 0.1) is 6.61 Å². The molecule has 0 radical (unpaired) electrons. The van der Waals surface area contributed by atoms with Crippen LogP contribution in [0.2, 0.25) is 0 Å². The molecule has 1 aromatic heterocycles. The summed E-state index contributed by atoms with van der Waals surface area (Å²) < 4.78 is 4.98. The van der Waals surface area contributed by atoms with E-state index in [-0.39, 0.29) is 0 Å². The Labute approximate surface area is 114 Å². The first-order valence-electron chi connectivity index (χ1n) is 6.86. The zero-order chi connectivity index (χ0) is 13.3. The second kappa shape index (κ2) is 7.94. The van der Waals surface area contributed by atoms with Crippen molar-refractivity contribution in [3.63, 3.8) is 0 Å². The number of fused-ring (bicyclic) bond motifs is 1. The molecule has 0 saturated heterocycles. The summed E-state index contributed by atoms with van der Waals surface area (Å²) in [6, 6.07) is 8.65. The topological polar surface area (TPSA) is 49.1 Å². The quantitative estimate of drug-likeness (QED) is 0.604. The predicted molar refractivity (Wildman–Crippen MR) is 79.4 cm³/mol. The number of hydrogen-bond donors (Lipinski definition) is 3. The van der Waals surface area contributed by atoms with Crippen LogP contribution in [0.4, 0.5) is 0 Å². The molecule has 0 atom stereocenters. The van der Waals surface area contributed by atoms with E-state index in [0.717, 1.165) is 39.2 Å². The first kappa shape index (κ1) is 14.1. The third-order valence-electron chi connectivity index (χ3n) is 3.14. The molecule has 3 N–H and O–H groups in total. The lowest BCUT2D eigenvalue weighted by Gasteiger charge is -2.06. The van der Waals surface area contributed by atoms with Crippen molar-refractivity contribution in [3.8, 4) is 0 Å². The van der Waals surface area contributed by atoms with E-state index in [1.165, 1.54) is 16.5 Å². The van der Waals surface area contributed by atoms with Gasteiger partial charge in [-0.1, -0.05) is 6.07 Å². The summed E-state index contributed by atoms with van der Waals surface area (Å²) in [5, 5.41) is 8.08. The van der Waals surface area contributed by atoms with Crippen LogP contribution in [0.5, 0.6) is 0 Å². The smallest absolute Gasteiger partial charge is 0.0587 e. The van der Waals surface area contributed by atoms with Crippen molar-refractivity contribution in [2.24, 2.45) is 0 Å². The van der Waals surface area contributed by atoms with Crippen LogP contribution in [0.25, 0.3) is 10.9 Å². The number of aromatic amines is 1. The first-order valence-corrected chi connectivity index (χ1v) is 6.86. The molecule has 1 aromatic carbocycles. The van der Waals surface area contributed by atoms with Crippen molar-refractivity contribution in [2.75, 3.05) is 33.4 Å².